The van der Waals surface area contributed by atoms with Gasteiger partial charge in [0.1, 0.15) is 23.2 Å². The van der Waals surface area contributed by atoms with Crippen LogP contribution in [0.15, 0.2) is 47.1 Å². The molecule has 2 aliphatic rings. The van der Waals surface area contributed by atoms with E-state index in [1.165, 1.54) is 0 Å². The van der Waals surface area contributed by atoms with Crippen molar-refractivity contribution in [3.05, 3.63) is 52.6 Å². The van der Waals surface area contributed by atoms with Crippen molar-refractivity contribution in [2.75, 3.05) is 7.11 Å². The van der Waals surface area contributed by atoms with Crippen molar-refractivity contribution in [3.8, 4) is 17.9 Å². The smallest absolute Gasteiger partial charge is 0.205 e. The lowest BCUT2D eigenvalue weighted by Gasteiger charge is -2.26. The molecule has 0 radical (unpaired) electrons. The Morgan fingerprint density at radius 3 is 2.27 bits per heavy atom. The highest BCUT2D eigenvalue weighted by molar-refractivity contribution is 5.54. The minimum atomic E-state index is -0.467. The molecule has 1 heterocycles. The highest BCUT2D eigenvalue weighted by Gasteiger charge is 2.39. The number of nitriles is 2. The van der Waals surface area contributed by atoms with Gasteiger partial charge in [-0.05, 0) is 30.5 Å². The fourth-order valence-electron chi connectivity index (χ4n) is 2.68. The van der Waals surface area contributed by atoms with Gasteiger partial charge in [-0.2, -0.15) is 10.5 Å². The van der Waals surface area contributed by atoms with E-state index in [9.17, 15) is 10.5 Å². The van der Waals surface area contributed by atoms with Crippen LogP contribution in [0.3, 0.4) is 0 Å². The van der Waals surface area contributed by atoms with Crippen molar-refractivity contribution in [3.63, 3.8) is 0 Å². The third-order valence-corrected chi connectivity index (χ3v) is 3.97. The SMILES string of the molecule is COc1ccc(C2C(C#N)=C(N)OC(C3CC3)=C2C#N)cc1. The Morgan fingerprint density at radius 1 is 1.14 bits per heavy atom. The molecule has 0 saturated heterocycles. The Bertz CT molecular complexity index is 744. The van der Waals surface area contributed by atoms with Crippen LogP contribution in [0.25, 0.3) is 0 Å². The predicted molar refractivity (Wildman–Crippen MR) is 79.0 cm³/mol. The molecule has 3 rings (SSSR count). The van der Waals surface area contributed by atoms with E-state index in [0.717, 1.165) is 24.2 Å². The number of methoxy groups -OCH3 is 1. The van der Waals surface area contributed by atoms with E-state index in [0.29, 0.717) is 11.3 Å². The maximum atomic E-state index is 9.58. The quantitative estimate of drug-likeness (QED) is 0.925. The molecule has 1 fully saturated rings. The standard InChI is InChI=1S/C17H15N3O2/c1-21-12-6-4-10(5-7-12)15-13(8-18)16(11-2-3-11)22-17(20)14(15)9-19/h4-7,11,15H,2-3,20H2,1H3. The Morgan fingerprint density at radius 2 is 1.77 bits per heavy atom. The van der Waals surface area contributed by atoms with Gasteiger partial charge in [0.25, 0.3) is 0 Å². The maximum Gasteiger partial charge on any atom is 0.205 e. The number of benzene rings is 1. The van der Waals surface area contributed by atoms with Crippen LogP contribution in [0, 0.1) is 28.6 Å². The first-order valence-corrected chi connectivity index (χ1v) is 7.05. The summed E-state index contributed by atoms with van der Waals surface area (Å²) in [5, 5.41) is 19.0. The lowest BCUT2D eigenvalue weighted by atomic mass is 9.83. The van der Waals surface area contributed by atoms with Crippen LogP contribution >= 0.6 is 0 Å². The fourth-order valence-corrected chi connectivity index (χ4v) is 2.68. The molecule has 1 aliphatic heterocycles. The highest BCUT2D eigenvalue weighted by atomic mass is 16.5. The minimum absolute atomic E-state index is 0.101. The Hall–Kier alpha value is -2.92. The number of hydrogen-bond donors (Lipinski definition) is 1. The summed E-state index contributed by atoms with van der Waals surface area (Å²) >= 11 is 0. The van der Waals surface area contributed by atoms with Gasteiger partial charge in [-0.1, -0.05) is 12.1 Å². The summed E-state index contributed by atoms with van der Waals surface area (Å²) in [5.74, 6) is 1.22. The summed E-state index contributed by atoms with van der Waals surface area (Å²) in [5.41, 5.74) is 7.51. The number of hydrogen-bond acceptors (Lipinski definition) is 5. The molecule has 5 heteroatoms. The first-order chi connectivity index (χ1) is 10.7. The summed E-state index contributed by atoms with van der Waals surface area (Å²) in [6.45, 7) is 0. The van der Waals surface area contributed by atoms with E-state index < -0.39 is 5.92 Å². The first kappa shape index (κ1) is 14.0. The van der Waals surface area contributed by atoms with Crippen molar-refractivity contribution in [2.24, 2.45) is 11.7 Å². The molecule has 2 N–H and O–H groups in total. The van der Waals surface area contributed by atoms with Gasteiger partial charge in [-0.3, -0.25) is 0 Å². The zero-order chi connectivity index (χ0) is 15.7. The first-order valence-electron chi connectivity index (χ1n) is 7.05. The Labute approximate surface area is 128 Å². The largest absolute Gasteiger partial charge is 0.497 e. The van der Waals surface area contributed by atoms with Crippen LogP contribution in [0.2, 0.25) is 0 Å². The van der Waals surface area contributed by atoms with E-state index in [1.54, 1.807) is 7.11 Å². The summed E-state index contributed by atoms with van der Waals surface area (Å²) in [4.78, 5) is 0. The molecule has 0 aromatic heterocycles. The second-order valence-electron chi connectivity index (χ2n) is 5.36. The van der Waals surface area contributed by atoms with Crippen molar-refractivity contribution < 1.29 is 9.47 Å². The third kappa shape index (κ3) is 2.27. The lowest BCUT2D eigenvalue weighted by Crippen LogP contribution is -2.21. The van der Waals surface area contributed by atoms with Gasteiger partial charge in [0, 0.05) is 5.92 Å². The Kier molecular flexibility index (Phi) is 3.48. The molecule has 1 aromatic carbocycles. The summed E-state index contributed by atoms with van der Waals surface area (Å²) in [7, 11) is 1.59. The van der Waals surface area contributed by atoms with E-state index in [-0.39, 0.29) is 17.4 Å². The van der Waals surface area contributed by atoms with Crippen LogP contribution in [-0.2, 0) is 4.74 Å². The summed E-state index contributed by atoms with van der Waals surface area (Å²) < 4.78 is 10.7. The lowest BCUT2D eigenvalue weighted by molar-refractivity contribution is 0.260. The predicted octanol–water partition coefficient (Wildman–Crippen LogP) is 2.69. The van der Waals surface area contributed by atoms with Crippen molar-refractivity contribution in [2.45, 2.75) is 18.8 Å². The molecule has 0 bridgehead atoms. The van der Waals surface area contributed by atoms with Gasteiger partial charge in [-0.15, -0.1) is 0 Å². The average molecular weight is 293 g/mol. The molecule has 22 heavy (non-hydrogen) atoms. The Balaban J connectivity index is 2.11. The molecular formula is C17H15N3O2. The van der Waals surface area contributed by atoms with Gasteiger partial charge in [0.05, 0.1) is 24.7 Å². The molecular weight excluding hydrogens is 278 g/mol. The third-order valence-electron chi connectivity index (χ3n) is 3.97. The molecule has 1 aliphatic carbocycles. The number of ether oxygens (including phenoxy) is 2. The minimum Gasteiger partial charge on any atom is -0.497 e. The molecule has 5 nitrogen and oxygen atoms in total. The second-order valence-corrected chi connectivity index (χ2v) is 5.36. The molecule has 1 unspecified atom stereocenters. The summed E-state index contributed by atoms with van der Waals surface area (Å²) in [6, 6.07) is 11.6. The fraction of sp³-hybridized carbons (Fsp3) is 0.294. The highest BCUT2D eigenvalue weighted by Crippen LogP contribution is 2.47. The van der Waals surface area contributed by atoms with Crippen LogP contribution in [0.4, 0.5) is 0 Å². The monoisotopic (exact) mass is 293 g/mol. The van der Waals surface area contributed by atoms with Crippen LogP contribution in [0.5, 0.6) is 5.75 Å². The maximum absolute atomic E-state index is 9.58. The van der Waals surface area contributed by atoms with E-state index in [2.05, 4.69) is 12.1 Å². The van der Waals surface area contributed by atoms with Gasteiger partial charge in [0.2, 0.25) is 5.88 Å². The van der Waals surface area contributed by atoms with E-state index >= 15 is 0 Å². The number of nitrogens with two attached hydrogens (primary N) is 1. The van der Waals surface area contributed by atoms with E-state index in [4.69, 9.17) is 15.2 Å². The van der Waals surface area contributed by atoms with Gasteiger partial charge >= 0.3 is 0 Å². The van der Waals surface area contributed by atoms with Crippen molar-refractivity contribution >= 4 is 0 Å². The van der Waals surface area contributed by atoms with E-state index in [1.807, 2.05) is 24.3 Å². The molecule has 0 amide bonds. The van der Waals surface area contributed by atoms with Crippen LogP contribution < -0.4 is 10.5 Å². The van der Waals surface area contributed by atoms with Crippen molar-refractivity contribution in [1.29, 1.82) is 10.5 Å². The molecule has 110 valence electrons. The van der Waals surface area contributed by atoms with Crippen LogP contribution in [0.1, 0.15) is 24.3 Å². The average Bonchev–Trinajstić information content (AvgIpc) is 3.38. The van der Waals surface area contributed by atoms with Crippen molar-refractivity contribution in [1.82, 2.24) is 0 Å². The zero-order valence-corrected chi connectivity index (χ0v) is 12.2. The molecule has 1 atom stereocenters. The van der Waals surface area contributed by atoms with Gasteiger partial charge in [0.15, 0.2) is 0 Å². The molecule has 1 aromatic rings. The number of allylic oxidation sites excluding steroid dienone is 3. The zero-order valence-electron chi connectivity index (χ0n) is 12.2. The second kappa shape index (κ2) is 5.46. The number of nitrogens with zero attached hydrogens (tertiary/aromatic N) is 2. The molecule has 1 saturated carbocycles. The normalized spacial score (nSPS) is 21.0. The van der Waals surface area contributed by atoms with Crippen LogP contribution in [-0.4, -0.2) is 7.11 Å². The summed E-state index contributed by atoms with van der Waals surface area (Å²) in [6.07, 6.45) is 1.98. The molecule has 0 spiro atoms. The number of rotatable bonds is 3. The van der Waals surface area contributed by atoms with Gasteiger partial charge < -0.3 is 15.2 Å². The topological polar surface area (TPSA) is 92.1 Å². The van der Waals surface area contributed by atoms with Gasteiger partial charge in [-0.25, -0.2) is 0 Å².